The van der Waals surface area contributed by atoms with E-state index in [1.807, 2.05) is 36.1 Å². The third kappa shape index (κ3) is 2.32. The van der Waals surface area contributed by atoms with Crippen LogP contribution < -0.4 is 5.73 Å². The number of anilines is 1. The van der Waals surface area contributed by atoms with Crippen LogP contribution in [0.5, 0.6) is 0 Å². The average molecular weight is 245 g/mol. The smallest absolute Gasteiger partial charge is 0.270 e. The Morgan fingerprint density at radius 3 is 2.78 bits per heavy atom. The normalized spacial score (nSPS) is 10.8. The highest BCUT2D eigenvalue weighted by atomic mass is 16.2. The molecule has 96 valence electrons. The van der Waals surface area contributed by atoms with E-state index in [-0.39, 0.29) is 5.91 Å². The maximum Gasteiger partial charge on any atom is 0.270 e. The molecule has 1 heterocycles. The van der Waals surface area contributed by atoms with E-state index in [0.29, 0.717) is 11.4 Å². The van der Waals surface area contributed by atoms with Gasteiger partial charge in [-0.2, -0.15) is 0 Å². The number of aromatic amines is 1. The molecule has 4 nitrogen and oxygen atoms in total. The first-order valence-corrected chi connectivity index (χ1v) is 6.33. The van der Waals surface area contributed by atoms with E-state index < -0.39 is 0 Å². The molecule has 2 aromatic rings. The van der Waals surface area contributed by atoms with E-state index in [9.17, 15) is 4.79 Å². The van der Waals surface area contributed by atoms with Crippen LogP contribution in [0.4, 0.5) is 5.69 Å². The third-order valence-electron chi connectivity index (χ3n) is 3.04. The SMILES string of the molecule is CCCN(CC)C(=O)c1cc2cc(N)ccc2[nH]1. The van der Waals surface area contributed by atoms with Crippen LogP contribution >= 0.6 is 0 Å². The van der Waals surface area contributed by atoms with E-state index in [1.165, 1.54) is 0 Å². The number of nitrogens with one attached hydrogen (secondary N) is 1. The number of hydrogen-bond acceptors (Lipinski definition) is 2. The summed E-state index contributed by atoms with van der Waals surface area (Å²) in [6.07, 6.45) is 0.965. The number of carbonyl (C=O) groups is 1. The van der Waals surface area contributed by atoms with Gasteiger partial charge in [-0.1, -0.05) is 6.92 Å². The average Bonchev–Trinajstić information content (AvgIpc) is 2.77. The Balaban J connectivity index is 2.32. The molecule has 0 unspecified atom stereocenters. The number of amides is 1. The standard InChI is InChI=1S/C14H19N3O/c1-3-7-17(4-2)14(18)13-9-10-8-11(15)5-6-12(10)16-13/h5-6,8-9,16H,3-4,7,15H2,1-2H3. The molecule has 18 heavy (non-hydrogen) atoms. The maximum absolute atomic E-state index is 12.3. The second-order valence-electron chi connectivity index (χ2n) is 4.41. The fourth-order valence-corrected chi connectivity index (χ4v) is 2.11. The highest BCUT2D eigenvalue weighted by molar-refractivity contribution is 5.98. The van der Waals surface area contributed by atoms with Gasteiger partial charge in [0.05, 0.1) is 0 Å². The topological polar surface area (TPSA) is 62.1 Å². The molecule has 0 atom stereocenters. The molecule has 0 aliphatic heterocycles. The van der Waals surface area contributed by atoms with Gasteiger partial charge < -0.3 is 15.6 Å². The summed E-state index contributed by atoms with van der Waals surface area (Å²) in [5.74, 6) is 0.0501. The first kappa shape index (κ1) is 12.5. The Morgan fingerprint density at radius 2 is 2.11 bits per heavy atom. The highest BCUT2D eigenvalue weighted by Crippen LogP contribution is 2.19. The first-order valence-electron chi connectivity index (χ1n) is 6.33. The maximum atomic E-state index is 12.3. The minimum absolute atomic E-state index is 0.0501. The molecule has 0 saturated heterocycles. The number of fused-ring (bicyclic) bond motifs is 1. The van der Waals surface area contributed by atoms with Crippen molar-refractivity contribution in [2.45, 2.75) is 20.3 Å². The van der Waals surface area contributed by atoms with E-state index in [4.69, 9.17) is 5.73 Å². The molecule has 3 N–H and O–H groups in total. The summed E-state index contributed by atoms with van der Waals surface area (Å²) >= 11 is 0. The Labute approximate surface area is 107 Å². The Kier molecular flexibility index (Phi) is 3.55. The lowest BCUT2D eigenvalue weighted by atomic mass is 10.2. The van der Waals surface area contributed by atoms with Crippen molar-refractivity contribution in [3.63, 3.8) is 0 Å². The zero-order valence-corrected chi connectivity index (χ0v) is 10.9. The minimum atomic E-state index is 0.0501. The molecule has 4 heteroatoms. The minimum Gasteiger partial charge on any atom is -0.399 e. The zero-order valence-electron chi connectivity index (χ0n) is 10.9. The van der Waals surface area contributed by atoms with Crippen molar-refractivity contribution in [2.24, 2.45) is 0 Å². The summed E-state index contributed by atoms with van der Waals surface area (Å²) in [6.45, 7) is 5.58. The molecule has 0 radical (unpaired) electrons. The van der Waals surface area contributed by atoms with E-state index >= 15 is 0 Å². The molecule has 0 aliphatic rings. The number of hydrogen-bond donors (Lipinski definition) is 2. The lowest BCUT2D eigenvalue weighted by Crippen LogP contribution is -2.31. The summed E-state index contributed by atoms with van der Waals surface area (Å²) < 4.78 is 0. The fraction of sp³-hybridized carbons (Fsp3) is 0.357. The molecule has 1 amide bonds. The molecular weight excluding hydrogens is 226 g/mol. The number of nitrogens with two attached hydrogens (primary N) is 1. The molecule has 2 rings (SSSR count). The van der Waals surface area contributed by atoms with Crippen LogP contribution in [0.15, 0.2) is 24.3 Å². The Bertz CT molecular complexity index is 559. The summed E-state index contributed by atoms with van der Waals surface area (Å²) in [5.41, 5.74) is 8.02. The van der Waals surface area contributed by atoms with E-state index in [0.717, 1.165) is 30.4 Å². The third-order valence-corrected chi connectivity index (χ3v) is 3.04. The van der Waals surface area contributed by atoms with E-state index in [1.54, 1.807) is 0 Å². The summed E-state index contributed by atoms with van der Waals surface area (Å²) in [4.78, 5) is 17.3. The second kappa shape index (κ2) is 5.12. The second-order valence-corrected chi connectivity index (χ2v) is 4.41. The van der Waals surface area contributed by atoms with E-state index in [2.05, 4.69) is 11.9 Å². The number of aromatic nitrogens is 1. The fourth-order valence-electron chi connectivity index (χ4n) is 2.11. The summed E-state index contributed by atoms with van der Waals surface area (Å²) in [7, 11) is 0. The van der Waals surface area contributed by atoms with Crippen molar-refractivity contribution in [3.8, 4) is 0 Å². The zero-order chi connectivity index (χ0) is 13.1. The molecular formula is C14H19N3O. The highest BCUT2D eigenvalue weighted by Gasteiger charge is 2.15. The summed E-state index contributed by atoms with van der Waals surface area (Å²) in [6, 6.07) is 7.47. The van der Waals surface area contributed by atoms with Crippen molar-refractivity contribution in [2.75, 3.05) is 18.8 Å². The van der Waals surface area contributed by atoms with Gasteiger partial charge >= 0.3 is 0 Å². The van der Waals surface area contributed by atoms with Crippen LogP contribution in [0.25, 0.3) is 10.9 Å². The predicted octanol–water partition coefficient (Wildman–Crippen LogP) is 2.62. The Hall–Kier alpha value is -1.97. The van der Waals surface area contributed by atoms with Crippen LogP contribution in [0.3, 0.4) is 0 Å². The number of benzene rings is 1. The van der Waals surface area contributed by atoms with Gasteiger partial charge in [0.2, 0.25) is 0 Å². The van der Waals surface area contributed by atoms with Crippen LogP contribution in [0.2, 0.25) is 0 Å². The van der Waals surface area contributed by atoms with Gasteiger partial charge in [-0.25, -0.2) is 0 Å². The molecule has 0 bridgehead atoms. The lowest BCUT2D eigenvalue weighted by molar-refractivity contribution is 0.0759. The van der Waals surface area contributed by atoms with Crippen LogP contribution in [-0.4, -0.2) is 28.9 Å². The van der Waals surface area contributed by atoms with Crippen molar-refractivity contribution in [3.05, 3.63) is 30.0 Å². The van der Waals surface area contributed by atoms with Gasteiger partial charge in [-0.15, -0.1) is 0 Å². The molecule has 1 aromatic carbocycles. The monoisotopic (exact) mass is 245 g/mol. The first-order chi connectivity index (χ1) is 8.65. The quantitative estimate of drug-likeness (QED) is 0.813. The van der Waals surface area contributed by atoms with Crippen molar-refractivity contribution < 1.29 is 4.79 Å². The van der Waals surface area contributed by atoms with Crippen LogP contribution in [-0.2, 0) is 0 Å². The number of nitrogen functional groups attached to an aromatic ring is 1. The van der Waals surface area contributed by atoms with Crippen molar-refractivity contribution >= 4 is 22.5 Å². The molecule has 0 aliphatic carbocycles. The number of H-pyrrole nitrogens is 1. The van der Waals surface area contributed by atoms with Crippen LogP contribution in [0.1, 0.15) is 30.8 Å². The largest absolute Gasteiger partial charge is 0.399 e. The Morgan fingerprint density at radius 1 is 1.33 bits per heavy atom. The molecule has 0 saturated carbocycles. The lowest BCUT2D eigenvalue weighted by Gasteiger charge is -2.18. The van der Waals surface area contributed by atoms with Gasteiger partial charge in [-0.05, 0) is 37.6 Å². The van der Waals surface area contributed by atoms with Gasteiger partial charge in [0.15, 0.2) is 0 Å². The van der Waals surface area contributed by atoms with Crippen molar-refractivity contribution in [1.82, 2.24) is 9.88 Å². The predicted molar refractivity (Wildman–Crippen MR) is 74.6 cm³/mol. The number of nitrogens with zero attached hydrogens (tertiary/aromatic N) is 1. The van der Waals surface area contributed by atoms with Gasteiger partial charge in [0, 0.05) is 29.7 Å². The number of carbonyl (C=O) groups excluding carboxylic acids is 1. The molecule has 0 fully saturated rings. The molecule has 1 aromatic heterocycles. The van der Waals surface area contributed by atoms with Gasteiger partial charge in [-0.3, -0.25) is 4.79 Å². The molecule has 0 spiro atoms. The van der Waals surface area contributed by atoms with Crippen LogP contribution in [0, 0.1) is 0 Å². The van der Waals surface area contributed by atoms with Crippen molar-refractivity contribution in [1.29, 1.82) is 0 Å². The summed E-state index contributed by atoms with van der Waals surface area (Å²) in [5, 5.41) is 0.978. The van der Waals surface area contributed by atoms with Gasteiger partial charge in [0.25, 0.3) is 5.91 Å². The number of rotatable bonds is 4. The van der Waals surface area contributed by atoms with Gasteiger partial charge in [0.1, 0.15) is 5.69 Å².